The van der Waals surface area contributed by atoms with E-state index in [1.807, 2.05) is 16.7 Å². The molecule has 5 heteroatoms. The van der Waals surface area contributed by atoms with E-state index in [9.17, 15) is 0 Å². The molecule has 1 saturated heterocycles. The molecule has 1 aromatic carbocycles. The largest absolute Gasteiger partial charge is 0.369 e. The van der Waals surface area contributed by atoms with Crippen LogP contribution < -0.4 is 5.73 Å². The number of imidazole rings is 1. The molecule has 1 aliphatic rings. The van der Waals surface area contributed by atoms with Crippen molar-refractivity contribution in [3.8, 4) is 6.07 Å². The molecule has 5 nitrogen and oxygen atoms in total. The van der Waals surface area contributed by atoms with E-state index in [2.05, 4.69) is 16.0 Å². The van der Waals surface area contributed by atoms with Crippen molar-refractivity contribution in [1.82, 2.24) is 14.5 Å². The lowest BCUT2D eigenvalue weighted by molar-refractivity contribution is 0.325. The molecule has 1 aliphatic heterocycles. The van der Waals surface area contributed by atoms with Crippen LogP contribution >= 0.6 is 0 Å². The first kappa shape index (κ1) is 12.0. The maximum absolute atomic E-state index is 9.09. The van der Waals surface area contributed by atoms with Gasteiger partial charge in [0.15, 0.2) is 0 Å². The molecular weight excluding hydrogens is 238 g/mol. The molecule has 19 heavy (non-hydrogen) atoms. The van der Waals surface area contributed by atoms with Gasteiger partial charge in [0.25, 0.3) is 0 Å². The Morgan fingerprint density at radius 1 is 1.26 bits per heavy atom. The number of likely N-dealkylation sites (tertiary alicyclic amines) is 1. The zero-order chi connectivity index (χ0) is 13.2. The molecular formula is C14H17N5. The van der Waals surface area contributed by atoms with Gasteiger partial charge in [-0.1, -0.05) is 6.07 Å². The van der Waals surface area contributed by atoms with Gasteiger partial charge in [0.1, 0.15) is 11.6 Å². The van der Waals surface area contributed by atoms with Crippen molar-refractivity contribution in [3.05, 3.63) is 23.8 Å². The van der Waals surface area contributed by atoms with Crippen LogP contribution in [0.2, 0.25) is 0 Å². The second-order valence-electron chi connectivity index (χ2n) is 4.96. The average molecular weight is 255 g/mol. The number of anilines is 1. The lowest BCUT2D eigenvalue weighted by Crippen LogP contribution is -2.24. The Balaban J connectivity index is 1.90. The van der Waals surface area contributed by atoms with Crippen LogP contribution in [0.5, 0.6) is 0 Å². The van der Waals surface area contributed by atoms with Crippen molar-refractivity contribution in [3.63, 3.8) is 0 Å². The van der Waals surface area contributed by atoms with Gasteiger partial charge in [0, 0.05) is 13.1 Å². The first-order valence-electron chi connectivity index (χ1n) is 6.67. The number of hydrogen-bond donors (Lipinski definition) is 1. The zero-order valence-corrected chi connectivity index (χ0v) is 10.8. The Labute approximate surface area is 112 Å². The highest BCUT2D eigenvalue weighted by Crippen LogP contribution is 2.21. The van der Waals surface area contributed by atoms with E-state index in [0.717, 1.165) is 18.6 Å². The number of rotatable bonds is 3. The fourth-order valence-electron chi connectivity index (χ4n) is 2.74. The van der Waals surface area contributed by atoms with E-state index in [1.165, 1.54) is 25.9 Å². The summed E-state index contributed by atoms with van der Waals surface area (Å²) in [5.41, 5.74) is 8.24. The number of fused-ring (bicyclic) bond motifs is 1. The van der Waals surface area contributed by atoms with Crippen LogP contribution in [0.4, 0.5) is 5.95 Å². The lowest BCUT2D eigenvalue weighted by Gasteiger charge is -2.15. The maximum Gasteiger partial charge on any atom is 0.201 e. The van der Waals surface area contributed by atoms with Crippen LogP contribution in [0.25, 0.3) is 11.0 Å². The van der Waals surface area contributed by atoms with Gasteiger partial charge in [0.05, 0.1) is 11.1 Å². The minimum atomic E-state index is 0.497. The normalized spacial score (nSPS) is 15.9. The first-order valence-corrected chi connectivity index (χ1v) is 6.67. The van der Waals surface area contributed by atoms with E-state index >= 15 is 0 Å². The molecule has 0 atom stereocenters. The zero-order valence-electron chi connectivity index (χ0n) is 10.8. The molecule has 0 saturated carbocycles. The van der Waals surface area contributed by atoms with Gasteiger partial charge in [0.2, 0.25) is 5.95 Å². The van der Waals surface area contributed by atoms with Crippen molar-refractivity contribution in [2.75, 3.05) is 25.4 Å². The molecule has 0 radical (unpaired) electrons. The van der Waals surface area contributed by atoms with Gasteiger partial charge in [-0.2, -0.15) is 5.26 Å². The summed E-state index contributed by atoms with van der Waals surface area (Å²) in [6, 6.07) is 7.80. The third-order valence-corrected chi connectivity index (χ3v) is 3.77. The molecule has 0 unspecified atom stereocenters. The van der Waals surface area contributed by atoms with Crippen LogP contribution in [0.15, 0.2) is 18.2 Å². The number of para-hydroxylation sites is 1. The van der Waals surface area contributed by atoms with Gasteiger partial charge in [-0.25, -0.2) is 4.98 Å². The second-order valence-corrected chi connectivity index (χ2v) is 4.96. The minimum Gasteiger partial charge on any atom is -0.369 e. The van der Waals surface area contributed by atoms with Gasteiger partial charge in [-0.05, 0) is 38.1 Å². The molecule has 0 aliphatic carbocycles. The topological polar surface area (TPSA) is 70.9 Å². The van der Waals surface area contributed by atoms with Crippen molar-refractivity contribution in [1.29, 1.82) is 5.26 Å². The van der Waals surface area contributed by atoms with Crippen molar-refractivity contribution in [2.45, 2.75) is 19.4 Å². The Kier molecular flexibility index (Phi) is 3.10. The number of nitrogens with zero attached hydrogens (tertiary/aromatic N) is 4. The van der Waals surface area contributed by atoms with Crippen LogP contribution in [-0.2, 0) is 6.54 Å². The molecule has 2 N–H and O–H groups in total. The minimum absolute atomic E-state index is 0.497. The summed E-state index contributed by atoms with van der Waals surface area (Å²) in [6.45, 7) is 4.18. The predicted molar refractivity (Wildman–Crippen MR) is 74.5 cm³/mol. The first-order chi connectivity index (χ1) is 9.29. The van der Waals surface area contributed by atoms with E-state index in [-0.39, 0.29) is 0 Å². The highest BCUT2D eigenvalue weighted by Gasteiger charge is 2.14. The molecule has 0 bridgehead atoms. The highest BCUT2D eigenvalue weighted by molar-refractivity contribution is 5.83. The summed E-state index contributed by atoms with van der Waals surface area (Å²) < 4.78 is 2.01. The SMILES string of the molecule is N#Cc1cccc2c1nc(N)n2CCN1CCCC1. The number of nitriles is 1. The van der Waals surface area contributed by atoms with Crippen molar-refractivity contribution in [2.24, 2.45) is 0 Å². The number of benzene rings is 1. The molecule has 98 valence electrons. The van der Waals surface area contributed by atoms with E-state index in [1.54, 1.807) is 6.07 Å². The summed E-state index contributed by atoms with van der Waals surface area (Å²) in [5, 5.41) is 9.09. The third-order valence-electron chi connectivity index (χ3n) is 3.77. The molecule has 1 aromatic heterocycles. The van der Waals surface area contributed by atoms with Gasteiger partial charge < -0.3 is 15.2 Å². The Morgan fingerprint density at radius 3 is 2.79 bits per heavy atom. The van der Waals surface area contributed by atoms with Gasteiger partial charge >= 0.3 is 0 Å². The fraction of sp³-hybridized carbons (Fsp3) is 0.429. The summed E-state index contributed by atoms with van der Waals surface area (Å²) in [4.78, 5) is 6.77. The molecule has 0 amide bonds. The summed E-state index contributed by atoms with van der Waals surface area (Å²) >= 11 is 0. The quantitative estimate of drug-likeness (QED) is 0.904. The van der Waals surface area contributed by atoms with Crippen LogP contribution in [0, 0.1) is 11.3 Å². The van der Waals surface area contributed by atoms with Crippen LogP contribution in [-0.4, -0.2) is 34.1 Å². The summed E-state index contributed by atoms with van der Waals surface area (Å²) in [5.74, 6) is 0.497. The fourth-order valence-corrected chi connectivity index (χ4v) is 2.74. The van der Waals surface area contributed by atoms with Crippen LogP contribution in [0.1, 0.15) is 18.4 Å². The highest BCUT2D eigenvalue weighted by atomic mass is 15.2. The maximum atomic E-state index is 9.09. The molecule has 1 fully saturated rings. The Bertz CT molecular complexity index is 631. The lowest BCUT2D eigenvalue weighted by atomic mass is 10.2. The number of nitrogens with two attached hydrogens (primary N) is 1. The van der Waals surface area contributed by atoms with E-state index in [0.29, 0.717) is 17.0 Å². The number of aromatic nitrogens is 2. The second kappa shape index (κ2) is 4.90. The standard InChI is InChI=1S/C14H17N5/c15-10-11-4-3-5-12-13(11)17-14(16)19(12)9-8-18-6-1-2-7-18/h3-5H,1-2,6-9H2,(H2,16,17). The van der Waals surface area contributed by atoms with Crippen LogP contribution in [0.3, 0.4) is 0 Å². The molecule has 2 aromatic rings. The third kappa shape index (κ3) is 2.15. The van der Waals surface area contributed by atoms with Gasteiger partial charge in [-0.15, -0.1) is 0 Å². The summed E-state index contributed by atoms with van der Waals surface area (Å²) in [6.07, 6.45) is 2.58. The molecule has 3 rings (SSSR count). The number of hydrogen-bond acceptors (Lipinski definition) is 4. The summed E-state index contributed by atoms with van der Waals surface area (Å²) in [7, 11) is 0. The molecule has 2 heterocycles. The molecule has 0 spiro atoms. The van der Waals surface area contributed by atoms with E-state index in [4.69, 9.17) is 11.0 Å². The van der Waals surface area contributed by atoms with Gasteiger partial charge in [-0.3, -0.25) is 0 Å². The number of nitrogen functional groups attached to an aromatic ring is 1. The predicted octanol–water partition coefficient (Wildman–Crippen LogP) is 1.59. The van der Waals surface area contributed by atoms with E-state index < -0.39 is 0 Å². The smallest absolute Gasteiger partial charge is 0.201 e. The Morgan fingerprint density at radius 2 is 2.05 bits per heavy atom. The van der Waals surface area contributed by atoms with Crippen molar-refractivity contribution < 1.29 is 0 Å². The monoisotopic (exact) mass is 255 g/mol. The Hall–Kier alpha value is -2.06. The van der Waals surface area contributed by atoms with Crippen molar-refractivity contribution >= 4 is 17.0 Å². The average Bonchev–Trinajstić information content (AvgIpc) is 3.03.